The van der Waals surface area contributed by atoms with Crippen LogP contribution in [0, 0.1) is 5.92 Å². The summed E-state index contributed by atoms with van der Waals surface area (Å²) in [6, 6.07) is 10.2. The highest BCUT2D eigenvalue weighted by atomic mass is 16.3. The lowest BCUT2D eigenvalue weighted by Crippen LogP contribution is -2.21. The molecule has 3 heteroatoms. The van der Waals surface area contributed by atoms with E-state index in [9.17, 15) is 5.11 Å². The van der Waals surface area contributed by atoms with Crippen LogP contribution in [0.25, 0.3) is 0 Å². The molecule has 1 aromatic rings. The van der Waals surface area contributed by atoms with Gasteiger partial charge < -0.3 is 10.2 Å². The number of aliphatic hydroxyl groups excluding tert-OH is 2. The molecule has 0 unspecified atom stereocenters. The van der Waals surface area contributed by atoms with Crippen molar-refractivity contribution >= 4 is 0 Å². The Balaban J connectivity index is 1.92. The first-order valence-electron chi connectivity index (χ1n) is 5.35. The maximum atomic E-state index is 9.64. The summed E-state index contributed by atoms with van der Waals surface area (Å²) in [6.07, 6.45) is -0.376. The van der Waals surface area contributed by atoms with Gasteiger partial charge >= 0.3 is 0 Å². The lowest BCUT2D eigenvalue weighted by Gasteiger charge is -2.14. The van der Waals surface area contributed by atoms with Crippen molar-refractivity contribution in [1.29, 1.82) is 0 Å². The molecule has 0 bridgehead atoms. The number of nitrogens with zero attached hydrogens (tertiary/aromatic N) is 1. The predicted molar refractivity (Wildman–Crippen MR) is 58.3 cm³/mol. The van der Waals surface area contributed by atoms with Crippen LogP contribution in [0.15, 0.2) is 30.3 Å². The minimum absolute atomic E-state index is 0.0220. The molecule has 0 aromatic heterocycles. The Morgan fingerprint density at radius 2 is 1.93 bits per heavy atom. The Bertz CT molecular complexity index is 302. The van der Waals surface area contributed by atoms with Crippen molar-refractivity contribution in [1.82, 2.24) is 4.90 Å². The molecular formula is C12H17NO2. The van der Waals surface area contributed by atoms with Gasteiger partial charge in [0.15, 0.2) is 0 Å². The molecule has 3 nitrogen and oxygen atoms in total. The second-order valence-corrected chi connectivity index (χ2v) is 4.19. The Morgan fingerprint density at radius 1 is 1.20 bits per heavy atom. The average molecular weight is 207 g/mol. The van der Waals surface area contributed by atoms with Crippen molar-refractivity contribution in [3.05, 3.63) is 35.9 Å². The van der Waals surface area contributed by atoms with E-state index >= 15 is 0 Å². The summed E-state index contributed by atoms with van der Waals surface area (Å²) in [7, 11) is 0. The van der Waals surface area contributed by atoms with Gasteiger partial charge in [0.2, 0.25) is 0 Å². The molecule has 0 aliphatic carbocycles. The maximum Gasteiger partial charge on any atom is 0.0729 e. The van der Waals surface area contributed by atoms with Gasteiger partial charge in [0.1, 0.15) is 0 Å². The molecule has 2 N–H and O–H groups in total. The molecule has 15 heavy (non-hydrogen) atoms. The summed E-state index contributed by atoms with van der Waals surface area (Å²) < 4.78 is 0. The zero-order valence-electron chi connectivity index (χ0n) is 8.71. The van der Waals surface area contributed by atoms with Crippen LogP contribution in [0.1, 0.15) is 5.56 Å². The van der Waals surface area contributed by atoms with Crippen LogP contribution in [-0.2, 0) is 6.54 Å². The van der Waals surface area contributed by atoms with Crippen LogP contribution in [0.2, 0.25) is 0 Å². The molecule has 1 aromatic carbocycles. The van der Waals surface area contributed by atoms with E-state index < -0.39 is 0 Å². The molecule has 0 amide bonds. The van der Waals surface area contributed by atoms with Crippen molar-refractivity contribution in [2.24, 2.45) is 5.92 Å². The molecule has 1 aliphatic heterocycles. The first-order valence-corrected chi connectivity index (χ1v) is 5.35. The Kier molecular flexibility index (Phi) is 3.36. The van der Waals surface area contributed by atoms with Crippen molar-refractivity contribution in [2.75, 3.05) is 19.7 Å². The third-order valence-corrected chi connectivity index (χ3v) is 2.97. The van der Waals surface area contributed by atoms with E-state index in [1.54, 1.807) is 0 Å². The second kappa shape index (κ2) is 4.75. The van der Waals surface area contributed by atoms with E-state index in [4.69, 9.17) is 5.11 Å². The standard InChI is InChI=1S/C12H17NO2/c14-9-11-7-13(8-12(11)15)6-10-4-2-1-3-5-10/h1-5,11-12,14-15H,6-9H2/t11-,12+/m1/s1. The van der Waals surface area contributed by atoms with E-state index in [-0.39, 0.29) is 18.6 Å². The van der Waals surface area contributed by atoms with Gasteiger partial charge in [-0.15, -0.1) is 0 Å². The highest BCUT2D eigenvalue weighted by molar-refractivity contribution is 5.14. The van der Waals surface area contributed by atoms with Crippen LogP contribution >= 0.6 is 0 Å². The summed E-state index contributed by atoms with van der Waals surface area (Å²) in [5.41, 5.74) is 1.25. The summed E-state index contributed by atoms with van der Waals surface area (Å²) >= 11 is 0. The van der Waals surface area contributed by atoms with Crippen LogP contribution in [0.4, 0.5) is 0 Å². The summed E-state index contributed by atoms with van der Waals surface area (Å²) in [4.78, 5) is 2.18. The van der Waals surface area contributed by atoms with Gasteiger partial charge in [0.05, 0.1) is 6.10 Å². The van der Waals surface area contributed by atoms with Crippen LogP contribution < -0.4 is 0 Å². The zero-order chi connectivity index (χ0) is 10.7. The highest BCUT2D eigenvalue weighted by Gasteiger charge is 2.30. The van der Waals surface area contributed by atoms with E-state index in [1.807, 2.05) is 18.2 Å². The predicted octanol–water partition coefficient (Wildman–Crippen LogP) is 0.472. The first-order chi connectivity index (χ1) is 7.29. The lowest BCUT2D eigenvalue weighted by molar-refractivity contribution is 0.103. The topological polar surface area (TPSA) is 43.7 Å². The van der Waals surface area contributed by atoms with Crippen LogP contribution in [0.5, 0.6) is 0 Å². The van der Waals surface area contributed by atoms with Crippen LogP contribution in [-0.4, -0.2) is 40.9 Å². The normalized spacial score (nSPS) is 27.1. The Labute approximate surface area is 90.0 Å². The molecule has 1 fully saturated rings. The molecule has 2 atom stereocenters. The number of hydrogen-bond acceptors (Lipinski definition) is 3. The summed E-state index contributed by atoms with van der Waals surface area (Å²) in [5.74, 6) is 0.0220. The van der Waals surface area contributed by atoms with E-state index in [0.717, 1.165) is 13.1 Å². The number of hydrogen-bond donors (Lipinski definition) is 2. The minimum Gasteiger partial charge on any atom is -0.396 e. The number of aliphatic hydroxyl groups is 2. The quantitative estimate of drug-likeness (QED) is 0.757. The van der Waals surface area contributed by atoms with Crippen molar-refractivity contribution < 1.29 is 10.2 Å². The van der Waals surface area contributed by atoms with Gasteiger partial charge in [-0.3, -0.25) is 4.90 Å². The van der Waals surface area contributed by atoms with Gasteiger partial charge in [0.25, 0.3) is 0 Å². The SMILES string of the molecule is OC[C@H]1CN(Cc2ccccc2)C[C@@H]1O. The monoisotopic (exact) mass is 207 g/mol. The fourth-order valence-corrected chi connectivity index (χ4v) is 2.09. The van der Waals surface area contributed by atoms with Gasteiger partial charge in [-0.2, -0.15) is 0 Å². The van der Waals surface area contributed by atoms with Crippen LogP contribution in [0.3, 0.4) is 0 Å². The van der Waals surface area contributed by atoms with Gasteiger partial charge in [-0.25, -0.2) is 0 Å². The maximum absolute atomic E-state index is 9.64. The van der Waals surface area contributed by atoms with Crippen molar-refractivity contribution in [3.63, 3.8) is 0 Å². The summed E-state index contributed by atoms with van der Waals surface area (Å²) in [6.45, 7) is 2.38. The molecular weight excluding hydrogens is 190 g/mol. The van der Waals surface area contributed by atoms with Gasteiger partial charge in [0, 0.05) is 32.2 Å². The third kappa shape index (κ3) is 2.56. The largest absolute Gasteiger partial charge is 0.396 e. The van der Waals surface area contributed by atoms with Gasteiger partial charge in [-0.1, -0.05) is 30.3 Å². The number of rotatable bonds is 3. The lowest BCUT2D eigenvalue weighted by atomic mass is 10.1. The molecule has 0 saturated carbocycles. The Hall–Kier alpha value is -0.900. The molecule has 1 aliphatic rings. The molecule has 1 saturated heterocycles. The third-order valence-electron chi connectivity index (χ3n) is 2.97. The second-order valence-electron chi connectivity index (χ2n) is 4.19. The smallest absolute Gasteiger partial charge is 0.0729 e. The average Bonchev–Trinajstić information content (AvgIpc) is 2.60. The Morgan fingerprint density at radius 3 is 2.53 bits per heavy atom. The number of β-amino-alcohol motifs (C(OH)–C–C–N with tert-alkyl or cyclic N) is 1. The number of benzene rings is 1. The van der Waals surface area contributed by atoms with E-state index in [0.29, 0.717) is 6.54 Å². The van der Waals surface area contributed by atoms with Crippen molar-refractivity contribution in [3.8, 4) is 0 Å². The molecule has 0 spiro atoms. The minimum atomic E-state index is -0.376. The number of likely N-dealkylation sites (tertiary alicyclic amines) is 1. The first kappa shape index (κ1) is 10.6. The molecule has 0 radical (unpaired) electrons. The highest BCUT2D eigenvalue weighted by Crippen LogP contribution is 2.18. The van der Waals surface area contributed by atoms with Gasteiger partial charge in [-0.05, 0) is 5.56 Å². The van der Waals surface area contributed by atoms with E-state index in [2.05, 4.69) is 17.0 Å². The summed E-state index contributed by atoms with van der Waals surface area (Å²) in [5, 5.41) is 18.7. The molecule has 82 valence electrons. The van der Waals surface area contributed by atoms with Crippen molar-refractivity contribution in [2.45, 2.75) is 12.6 Å². The zero-order valence-corrected chi connectivity index (χ0v) is 8.71. The molecule has 2 rings (SSSR count). The molecule has 1 heterocycles. The fraction of sp³-hybridized carbons (Fsp3) is 0.500. The fourth-order valence-electron chi connectivity index (χ4n) is 2.09. The van der Waals surface area contributed by atoms with E-state index in [1.165, 1.54) is 5.56 Å².